The van der Waals surface area contributed by atoms with E-state index in [0.29, 0.717) is 0 Å². The van der Waals surface area contributed by atoms with Gasteiger partial charge < -0.3 is 10.2 Å². The molecule has 0 spiro atoms. The molecular weight excluding hydrogens is 375 g/mol. The van der Waals surface area contributed by atoms with Gasteiger partial charge in [0.25, 0.3) is 0 Å². The van der Waals surface area contributed by atoms with E-state index in [-0.39, 0.29) is 24.0 Å². The van der Waals surface area contributed by atoms with Crippen LogP contribution in [0.1, 0.15) is 44.9 Å². The summed E-state index contributed by atoms with van der Waals surface area (Å²) >= 11 is 0. The van der Waals surface area contributed by atoms with Crippen LogP contribution in [0.3, 0.4) is 0 Å². The third-order valence-electron chi connectivity index (χ3n) is 5.27. The number of nitrogens with zero attached hydrogens (tertiary/aromatic N) is 3. The van der Waals surface area contributed by atoms with E-state index in [1.165, 1.54) is 58.0 Å². The van der Waals surface area contributed by atoms with Crippen LogP contribution in [-0.2, 0) is 0 Å². The summed E-state index contributed by atoms with van der Waals surface area (Å²) < 4.78 is 0. The van der Waals surface area contributed by atoms with E-state index in [0.717, 1.165) is 37.6 Å². The van der Waals surface area contributed by atoms with Crippen LogP contribution in [0, 0.1) is 5.92 Å². The third-order valence-corrected chi connectivity index (χ3v) is 5.27. The molecule has 0 aromatic rings. The minimum Gasteiger partial charge on any atom is -0.355 e. The molecule has 1 aliphatic carbocycles. The van der Waals surface area contributed by atoms with Gasteiger partial charge in [0.15, 0.2) is 5.96 Å². The molecule has 3 rings (SSSR count). The van der Waals surface area contributed by atoms with Crippen molar-refractivity contribution in [1.29, 1.82) is 0 Å². The number of likely N-dealkylation sites (tertiary alicyclic amines) is 1. The predicted molar refractivity (Wildman–Crippen MR) is 99.5 cm³/mol. The highest BCUT2D eigenvalue weighted by Gasteiger charge is 2.27. The topological polar surface area (TPSA) is 30.9 Å². The highest BCUT2D eigenvalue weighted by molar-refractivity contribution is 14.0. The Morgan fingerprint density at radius 2 is 1.90 bits per heavy atom. The SMILES string of the molecule is CN1CCN=C1NCC1CCCN1CC1CCCCC1.I. The van der Waals surface area contributed by atoms with Gasteiger partial charge in [0.1, 0.15) is 0 Å². The second kappa shape index (κ2) is 8.56. The molecule has 1 N–H and O–H groups in total. The molecular formula is C16H31IN4. The standard InChI is InChI=1S/C16H30N4.HI/c1-19-11-9-17-16(19)18-12-15-8-5-10-20(15)13-14-6-3-2-4-7-14;/h14-15H,2-13H2,1H3,(H,17,18);1H. The first kappa shape index (κ1) is 17.3. The van der Waals surface area contributed by atoms with Crippen LogP contribution in [-0.4, -0.2) is 61.6 Å². The molecule has 122 valence electrons. The summed E-state index contributed by atoms with van der Waals surface area (Å²) in [6.45, 7) is 5.75. The third kappa shape index (κ3) is 4.71. The normalized spacial score (nSPS) is 27.6. The highest BCUT2D eigenvalue weighted by Crippen LogP contribution is 2.27. The summed E-state index contributed by atoms with van der Waals surface area (Å²) in [5.74, 6) is 2.07. The van der Waals surface area contributed by atoms with E-state index >= 15 is 0 Å². The number of aliphatic imine (C=N–C) groups is 1. The molecule has 0 aromatic heterocycles. The molecule has 0 bridgehead atoms. The largest absolute Gasteiger partial charge is 0.355 e. The van der Waals surface area contributed by atoms with Crippen molar-refractivity contribution in [2.24, 2.45) is 10.9 Å². The van der Waals surface area contributed by atoms with Gasteiger partial charge in [-0.25, -0.2) is 0 Å². The van der Waals surface area contributed by atoms with E-state index in [4.69, 9.17) is 0 Å². The molecule has 0 aromatic carbocycles. The van der Waals surface area contributed by atoms with Crippen LogP contribution in [0.2, 0.25) is 0 Å². The summed E-state index contributed by atoms with van der Waals surface area (Å²) in [5.41, 5.74) is 0. The van der Waals surface area contributed by atoms with Crippen LogP contribution >= 0.6 is 24.0 Å². The Labute approximate surface area is 146 Å². The zero-order valence-corrected chi connectivity index (χ0v) is 15.7. The van der Waals surface area contributed by atoms with Gasteiger partial charge in [-0.05, 0) is 38.1 Å². The molecule has 3 aliphatic rings. The van der Waals surface area contributed by atoms with Gasteiger partial charge in [-0.15, -0.1) is 24.0 Å². The maximum atomic E-state index is 4.53. The number of likely N-dealkylation sites (N-methyl/N-ethyl adjacent to an activating group) is 1. The molecule has 0 radical (unpaired) electrons. The van der Waals surface area contributed by atoms with Crippen molar-refractivity contribution in [1.82, 2.24) is 15.1 Å². The van der Waals surface area contributed by atoms with Crippen molar-refractivity contribution < 1.29 is 0 Å². The zero-order chi connectivity index (χ0) is 13.8. The average Bonchev–Trinajstić information content (AvgIpc) is 3.07. The van der Waals surface area contributed by atoms with Crippen molar-refractivity contribution >= 4 is 29.9 Å². The molecule has 1 unspecified atom stereocenters. The van der Waals surface area contributed by atoms with Gasteiger partial charge in [-0.2, -0.15) is 0 Å². The first-order chi connectivity index (χ1) is 9.83. The number of hydrogen-bond donors (Lipinski definition) is 1. The van der Waals surface area contributed by atoms with E-state index in [1.54, 1.807) is 0 Å². The Hall–Kier alpha value is -0.0400. The Kier molecular flexibility index (Phi) is 7.05. The molecule has 1 atom stereocenters. The quantitative estimate of drug-likeness (QED) is 0.729. The van der Waals surface area contributed by atoms with Gasteiger partial charge in [0, 0.05) is 32.7 Å². The summed E-state index contributed by atoms with van der Waals surface area (Å²) in [4.78, 5) is 9.52. The summed E-state index contributed by atoms with van der Waals surface area (Å²) in [6.07, 6.45) is 10.1. The fourth-order valence-electron chi connectivity index (χ4n) is 4.00. The molecule has 21 heavy (non-hydrogen) atoms. The monoisotopic (exact) mass is 406 g/mol. The smallest absolute Gasteiger partial charge is 0.193 e. The van der Waals surface area contributed by atoms with E-state index in [9.17, 15) is 0 Å². The Balaban J connectivity index is 0.00000161. The Morgan fingerprint density at radius 1 is 1.10 bits per heavy atom. The second-order valence-electron chi connectivity index (χ2n) is 6.80. The Morgan fingerprint density at radius 3 is 2.62 bits per heavy atom. The molecule has 4 nitrogen and oxygen atoms in total. The van der Waals surface area contributed by atoms with Crippen molar-refractivity contribution in [2.45, 2.75) is 51.0 Å². The number of nitrogens with one attached hydrogen (secondary N) is 1. The molecule has 1 saturated heterocycles. The molecule has 2 aliphatic heterocycles. The predicted octanol–water partition coefficient (Wildman–Crippen LogP) is 2.54. The average molecular weight is 406 g/mol. The lowest BCUT2D eigenvalue weighted by Crippen LogP contribution is -2.45. The highest BCUT2D eigenvalue weighted by atomic mass is 127. The number of halogens is 1. The molecule has 1 saturated carbocycles. The first-order valence-corrected chi connectivity index (χ1v) is 8.56. The summed E-state index contributed by atoms with van der Waals surface area (Å²) in [6, 6.07) is 0.730. The van der Waals surface area contributed by atoms with E-state index in [2.05, 4.69) is 27.2 Å². The fraction of sp³-hybridized carbons (Fsp3) is 0.938. The molecule has 0 amide bonds. The lowest BCUT2D eigenvalue weighted by Gasteiger charge is -2.31. The molecule has 5 heteroatoms. The lowest BCUT2D eigenvalue weighted by molar-refractivity contribution is 0.187. The van der Waals surface area contributed by atoms with Crippen LogP contribution in [0.15, 0.2) is 4.99 Å². The van der Waals surface area contributed by atoms with Gasteiger partial charge >= 0.3 is 0 Å². The minimum atomic E-state index is 0. The number of rotatable bonds is 4. The van der Waals surface area contributed by atoms with Crippen LogP contribution in [0.5, 0.6) is 0 Å². The number of guanidine groups is 1. The van der Waals surface area contributed by atoms with Gasteiger partial charge in [0.2, 0.25) is 0 Å². The maximum absolute atomic E-state index is 4.53. The summed E-state index contributed by atoms with van der Waals surface area (Å²) in [5, 5.41) is 3.57. The van der Waals surface area contributed by atoms with Gasteiger partial charge in [0.05, 0.1) is 6.54 Å². The molecule has 2 fully saturated rings. The fourth-order valence-corrected chi connectivity index (χ4v) is 4.00. The van der Waals surface area contributed by atoms with Crippen molar-refractivity contribution in [3.8, 4) is 0 Å². The van der Waals surface area contributed by atoms with Crippen molar-refractivity contribution in [2.75, 3.05) is 39.8 Å². The zero-order valence-electron chi connectivity index (χ0n) is 13.4. The lowest BCUT2D eigenvalue weighted by atomic mass is 9.89. The maximum Gasteiger partial charge on any atom is 0.193 e. The Bertz CT molecular complexity index is 341. The van der Waals surface area contributed by atoms with Gasteiger partial charge in [-0.1, -0.05) is 19.3 Å². The number of hydrogen-bond acceptors (Lipinski definition) is 4. The van der Waals surface area contributed by atoms with Crippen molar-refractivity contribution in [3.63, 3.8) is 0 Å². The van der Waals surface area contributed by atoms with Crippen LogP contribution in [0.4, 0.5) is 0 Å². The summed E-state index contributed by atoms with van der Waals surface area (Å²) in [7, 11) is 2.13. The second-order valence-corrected chi connectivity index (χ2v) is 6.80. The van der Waals surface area contributed by atoms with E-state index in [1.807, 2.05) is 0 Å². The van der Waals surface area contributed by atoms with Crippen molar-refractivity contribution in [3.05, 3.63) is 0 Å². The van der Waals surface area contributed by atoms with Crippen LogP contribution in [0.25, 0.3) is 0 Å². The molecule has 2 heterocycles. The van der Waals surface area contributed by atoms with E-state index < -0.39 is 0 Å². The first-order valence-electron chi connectivity index (χ1n) is 8.56. The van der Waals surface area contributed by atoms with Gasteiger partial charge in [-0.3, -0.25) is 9.89 Å². The van der Waals surface area contributed by atoms with Crippen LogP contribution < -0.4 is 5.32 Å². The minimum absolute atomic E-state index is 0.